The molecule has 1 amide bonds. The SMILES string of the molecule is CNC1CC(C)(NC(=O)COc2ccc(C)nc2Cl)C1.O=CCOc1ccc(Cl)c(F)c1. The van der Waals surface area contributed by atoms with Crippen molar-refractivity contribution in [2.75, 3.05) is 20.3 Å². The van der Waals surface area contributed by atoms with E-state index < -0.39 is 5.82 Å². The Morgan fingerprint density at radius 3 is 2.59 bits per heavy atom. The second-order valence-corrected chi connectivity index (χ2v) is 8.35. The molecule has 1 aliphatic carbocycles. The number of halogens is 3. The lowest BCUT2D eigenvalue weighted by Gasteiger charge is -2.45. The van der Waals surface area contributed by atoms with Crippen molar-refractivity contribution >= 4 is 35.4 Å². The third kappa shape index (κ3) is 7.93. The first-order valence-corrected chi connectivity index (χ1v) is 10.7. The van der Waals surface area contributed by atoms with Crippen molar-refractivity contribution in [3.05, 3.63) is 52.0 Å². The van der Waals surface area contributed by atoms with Gasteiger partial charge in [-0.1, -0.05) is 23.2 Å². The van der Waals surface area contributed by atoms with Crippen LogP contribution in [0, 0.1) is 12.7 Å². The van der Waals surface area contributed by atoms with E-state index in [0.29, 0.717) is 23.8 Å². The Morgan fingerprint density at radius 1 is 1.28 bits per heavy atom. The maximum atomic E-state index is 12.7. The maximum absolute atomic E-state index is 12.7. The number of carbonyl (C=O) groups is 2. The van der Waals surface area contributed by atoms with Crippen molar-refractivity contribution < 1.29 is 23.5 Å². The van der Waals surface area contributed by atoms with E-state index >= 15 is 0 Å². The molecule has 0 radical (unpaired) electrons. The van der Waals surface area contributed by atoms with Gasteiger partial charge in [0, 0.05) is 23.3 Å². The zero-order valence-electron chi connectivity index (χ0n) is 18.1. The van der Waals surface area contributed by atoms with Gasteiger partial charge < -0.3 is 20.1 Å². The van der Waals surface area contributed by atoms with Crippen molar-refractivity contribution in [3.63, 3.8) is 0 Å². The Kier molecular flexibility index (Phi) is 9.68. The number of pyridine rings is 1. The largest absolute Gasteiger partial charge is 0.486 e. The predicted molar refractivity (Wildman–Crippen MR) is 121 cm³/mol. The van der Waals surface area contributed by atoms with Crippen molar-refractivity contribution in [1.82, 2.24) is 15.6 Å². The highest BCUT2D eigenvalue weighted by atomic mass is 35.5. The van der Waals surface area contributed by atoms with Crippen molar-refractivity contribution in [2.45, 2.75) is 38.3 Å². The van der Waals surface area contributed by atoms with E-state index in [2.05, 4.69) is 15.6 Å². The Balaban J connectivity index is 0.000000258. The molecular formula is C22H26Cl2FN3O4. The van der Waals surface area contributed by atoms with E-state index in [1.54, 1.807) is 12.1 Å². The number of benzene rings is 1. The number of nitrogens with one attached hydrogen (secondary N) is 2. The fraction of sp³-hybridized carbons (Fsp3) is 0.409. The predicted octanol–water partition coefficient (Wildman–Crippen LogP) is 3.74. The topological polar surface area (TPSA) is 89.5 Å². The molecular weight excluding hydrogens is 460 g/mol. The molecule has 3 rings (SSSR count). The van der Waals surface area contributed by atoms with Gasteiger partial charge in [-0.2, -0.15) is 0 Å². The molecule has 10 heteroatoms. The summed E-state index contributed by atoms with van der Waals surface area (Å²) < 4.78 is 22.9. The molecule has 1 heterocycles. The van der Waals surface area contributed by atoms with Gasteiger partial charge in [0.05, 0.1) is 5.02 Å². The molecule has 0 atom stereocenters. The summed E-state index contributed by atoms with van der Waals surface area (Å²) in [6.45, 7) is 3.75. The van der Waals surface area contributed by atoms with Crippen molar-refractivity contribution in [1.29, 1.82) is 0 Å². The number of amides is 1. The number of hydrogen-bond donors (Lipinski definition) is 2. The molecule has 1 aromatic heterocycles. The molecule has 2 aromatic rings. The lowest BCUT2D eigenvalue weighted by Crippen LogP contribution is -2.61. The summed E-state index contributed by atoms with van der Waals surface area (Å²) in [4.78, 5) is 25.8. The van der Waals surface area contributed by atoms with Gasteiger partial charge in [0.25, 0.3) is 5.91 Å². The lowest BCUT2D eigenvalue weighted by molar-refractivity contribution is -0.126. The number of aryl methyl sites for hydroxylation is 1. The van der Waals surface area contributed by atoms with Crippen LogP contribution in [0.2, 0.25) is 10.2 Å². The van der Waals surface area contributed by atoms with Gasteiger partial charge in [-0.3, -0.25) is 9.59 Å². The zero-order valence-corrected chi connectivity index (χ0v) is 19.6. The number of carbonyl (C=O) groups excluding carboxylic acids is 2. The lowest BCUT2D eigenvalue weighted by atomic mass is 9.74. The highest BCUT2D eigenvalue weighted by molar-refractivity contribution is 6.31. The van der Waals surface area contributed by atoms with Crippen LogP contribution in [0.1, 0.15) is 25.5 Å². The first-order valence-electron chi connectivity index (χ1n) is 9.91. The molecule has 2 N–H and O–H groups in total. The van der Waals surface area contributed by atoms with Crippen LogP contribution < -0.4 is 20.1 Å². The van der Waals surface area contributed by atoms with Crippen LogP contribution in [0.25, 0.3) is 0 Å². The first-order chi connectivity index (χ1) is 15.2. The second kappa shape index (κ2) is 12.0. The standard InChI is InChI=1S/C14H20ClN3O2.C8H6ClFO2/c1-9-4-5-11(13(15)17-9)20-8-12(19)18-14(2)6-10(7-14)16-3;9-7-2-1-6(5-8(7)10)12-4-3-11/h4-5,10,16H,6-8H2,1-3H3,(H,18,19);1-3,5H,4H2. The molecule has 1 aliphatic rings. The molecule has 0 spiro atoms. The quantitative estimate of drug-likeness (QED) is 0.437. The monoisotopic (exact) mass is 485 g/mol. The second-order valence-electron chi connectivity index (χ2n) is 7.59. The van der Waals surface area contributed by atoms with Gasteiger partial charge in [-0.05, 0) is 58.0 Å². The van der Waals surface area contributed by atoms with E-state index in [-0.39, 0.29) is 34.8 Å². The number of aromatic nitrogens is 1. The average Bonchev–Trinajstić information content (AvgIpc) is 2.72. The highest BCUT2D eigenvalue weighted by Crippen LogP contribution is 2.31. The Bertz CT molecular complexity index is 939. The fourth-order valence-corrected chi connectivity index (χ4v) is 3.54. The molecule has 7 nitrogen and oxygen atoms in total. The molecule has 0 aliphatic heterocycles. The third-order valence-electron chi connectivity index (χ3n) is 4.76. The summed E-state index contributed by atoms with van der Waals surface area (Å²) in [5.41, 5.74) is 0.676. The number of nitrogens with zero attached hydrogens (tertiary/aromatic N) is 1. The van der Waals surface area contributed by atoms with Crippen molar-refractivity contribution in [2.24, 2.45) is 0 Å². The summed E-state index contributed by atoms with van der Waals surface area (Å²) >= 11 is 11.4. The first kappa shape index (κ1) is 25.8. The van der Waals surface area contributed by atoms with E-state index in [4.69, 9.17) is 32.7 Å². The average molecular weight is 486 g/mol. The van der Waals surface area contributed by atoms with Crippen LogP contribution in [0.5, 0.6) is 11.5 Å². The minimum Gasteiger partial charge on any atom is -0.486 e. The number of ether oxygens (including phenoxy) is 2. The summed E-state index contributed by atoms with van der Waals surface area (Å²) in [6, 6.07) is 8.00. The van der Waals surface area contributed by atoms with E-state index in [9.17, 15) is 14.0 Å². The van der Waals surface area contributed by atoms with E-state index in [1.165, 1.54) is 12.1 Å². The zero-order chi connectivity index (χ0) is 23.7. The van der Waals surface area contributed by atoms with Gasteiger partial charge in [0.1, 0.15) is 18.2 Å². The Labute approximate surface area is 196 Å². The molecule has 1 aromatic carbocycles. The number of hydrogen-bond acceptors (Lipinski definition) is 6. The summed E-state index contributed by atoms with van der Waals surface area (Å²) in [5.74, 6) is 0.0297. The van der Waals surface area contributed by atoms with Gasteiger partial charge in [0.15, 0.2) is 23.8 Å². The minimum absolute atomic E-state index is 0.0356. The van der Waals surface area contributed by atoms with E-state index in [1.807, 2.05) is 20.9 Å². The number of rotatable bonds is 8. The normalized spacial score (nSPS) is 19.1. The summed E-state index contributed by atoms with van der Waals surface area (Å²) in [6.07, 6.45) is 2.46. The molecule has 32 heavy (non-hydrogen) atoms. The van der Waals surface area contributed by atoms with Crippen molar-refractivity contribution in [3.8, 4) is 11.5 Å². The van der Waals surface area contributed by atoms with Crippen LogP contribution in [0.15, 0.2) is 30.3 Å². The minimum atomic E-state index is -0.555. The maximum Gasteiger partial charge on any atom is 0.258 e. The van der Waals surface area contributed by atoms with Gasteiger partial charge in [0.2, 0.25) is 0 Å². The summed E-state index contributed by atoms with van der Waals surface area (Å²) in [5, 5.41) is 6.50. The molecule has 0 saturated heterocycles. The molecule has 0 unspecified atom stereocenters. The van der Waals surface area contributed by atoms with Crippen LogP contribution in [0.4, 0.5) is 4.39 Å². The Morgan fingerprint density at radius 2 is 2.00 bits per heavy atom. The van der Waals surface area contributed by atoms with Crippen LogP contribution in [-0.2, 0) is 9.59 Å². The van der Waals surface area contributed by atoms with Gasteiger partial charge in [-0.15, -0.1) is 0 Å². The van der Waals surface area contributed by atoms with Crippen LogP contribution in [0.3, 0.4) is 0 Å². The van der Waals surface area contributed by atoms with E-state index in [0.717, 1.165) is 24.6 Å². The Hall–Kier alpha value is -2.42. The smallest absolute Gasteiger partial charge is 0.258 e. The molecule has 174 valence electrons. The van der Waals surface area contributed by atoms with Crippen LogP contribution >= 0.6 is 23.2 Å². The third-order valence-corrected chi connectivity index (χ3v) is 5.34. The molecule has 1 saturated carbocycles. The van der Waals surface area contributed by atoms with Gasteiger partial charge >= 0.3 is 0 Å². The number of aldehydes is 1. The van der Waals surface area contributed by atoms with Crippen LogP contribution in [-0.4, -0.2) is 49.0 Å². The molecule has 0 bridgehead atoms. The molecule has 1 fully saturated rings. The summed E-state index contributed by atoms with van der Waals surface area (Å²) in [7, 11) is 1.93. The highest BCUT2D eigenvalue weighted by Gasteiger charge is 2.40. The van der Waals surface area contributed by atoms with Gasteiger partial charge in [-0.25, -0.2) is 9.37 Å². The fourth-order valence-electron chi connectivity index (χ4n) is 3.17.